The third-order valence-corrected chi connectivity index (χ3v) is 7.93. The highest BCUT2D eigenvalue weighted by atomic mass is 16.5. The first-order valence-corrected chi connectivity index (χ1v) is 15.1. The van der Waals surface area contributed by atoms with Crippen LogP contribution < -0.4 is 15.0 Å². The molecular weight excluding hydrogens is 524 g/mol. The molecule has 1 aliphatic rings. The highest BCUT2D eigenvalue weighted by molar-refractivity contribution is 5.82. The predicted octanol–water partition coefficient (Wildman–Crippen LogP) is 7.57. The summed E-state index contributed by atoms with van der Waals surface area (Å²) in [5, 5.41) is 12.7. The van der Waals surface area contributed by atoms with E-state index in [1.54, 1.807) is 12.1 Å². The maximum absolute atomic E-state index is 13.4. The van der Waals surface area contributed by atoms with E-state index in [9.17, 15) is 14.7 Å². The van der Waals surface area contributed by atoms with Gasteiger partial charge in [-0.3, -0.25) is 4.79 Å². The number of aliphatic carboxylic acids is 1. The number of amides is 1. The van der Waals surface area contributed by atoms with Gasteiger partial charge < -0.3 is 20.1 Å². The van der Waals surface area contributed by atoms with Gasteiger partial charge in [-0.05, 0) is 85.6 Å². The van der Waals surface area contributed by atoms with Gasteiger partial charge in [0.15, 0.2) is 5.60 Å². The summed E-state index contributed by atoms with van der Waals surface area (Å²) in [4.78, 5) is 27.2. The lowest BCUT2D eigenvalue weighted by molar-refractivity contribution is -0.152. The zero-order valence-corrected chi connectivity index (χ0v) is 25.2. The summed E-state index contributed by atoms with van der Waals surface area (Å²) < 4.78 is 5.60. The van der Waals surface area contributed by atoms with Gasteiger partial charge in [0.05, 0.1) is 12.5 Å². The Balaban J connectivity index is 1.56. The van der Waals surface area contributed by atoms with Crippen LogP contribution in [0.25, 0.3) is 5.57 Å². The molecule has 0 aromatic heterocycles. The molecule has 1 atom stereocenters. The van der Waals surface area contributed by atoms with Crippen molar-refractivity contribution >= 4 is 23.1 Å². The van der Waals surface area contributed by atoms with Crippen LogP contribution in [-0.2, 0) is 16.0 Å². The molecule has 1 heterocycles. The van der Waals surface area contributed by atoms with Gasteiger partial charge in [0.25, 0.3) is 0 Å². The Morgan fingerprint density at radius 1 is 0.976 bits per heavy atom. The second-order valence-electron chi connectivity index (χ2n) is 11.7. The van der Waals surface area contributed by atoms with E-state index in [-0.39, 0.29) is 18.4 Å². The average Bonchev–Trinajstić information content (AvgIpc) is 3.00. The van der Waals surface area contributed by atoms with Gasteiger partial charge in [0.1, 0.15) is 5.75 Å². The lowest BCUT2D eigenvalue weighted by Gasteiger charge is -2.33. The summed E-state index contributed by atoms with van der Waals surface area (Å²) in [5.74, 6) is -0.626. The normalized spacial score (nSPS) is 14.2. The molecule has 2 N–H and O–H groups in total. The number of nitrogens with zero attached hydrogens (tertiary/aromatic N) is 1. The Kier molecular flexibility index (Phi) is 10.5. The number of ether oxygens (including phenoxy) is 1. The summed E-state index contributed by atoms with van der Waals surface area (Å²) in [5.41, 5.74) is 5.05. The monoisotopic (exact) mass is 568 g/mol. The Morgan fingerprint density at radius 3 is 2.31 bits per heavy atom. The number of nitrogens with one attached hydrogen (secondary N) is 1. The van der Waals surface area contributed by atoms with Gasteiger partial charge in [-0.25, -0.2) is 4.79 Å². The third kappa shape index (κ3) is 8.03. The molecule has 42 heavy (non-hydrogen) atoms. The van der Waals surface area contributed by atoms with E-state index in [2.05, 4.69) is 54.1 Å². The number of carboxylic acids is 1. The van der Waals surface area contributed by atoms with Crippen molar-refractivity contribution in [2.45, 2.75) is 77.4 Å². The molecule has 1 unspecified atom stereocenters. The number of carbonyl (C=O) groups is 2. The highest BCUT2D eigenvalue weighted by Crippen LogP contribution is 2.35. The number of hydrogen-bond donors (Lipinski definition) is 2. The predicted molar refractivity (Wildman–Crippen MR) is 170 cm³/mol. The lowest BCUT2D eigenvalue weighted by atomic mass is 9.92. The Morgan fingerprint density at radius 2 is 1.67 bits per heavy atom. The minimum atomic E-state index is -1.33. The van der Waals surface area contributed by atoms with Crippen molar-refractivity contribution in [3.63, 3.8) is 0 Å². The van der Waals surface area contributed by atoms with Crippen molar-refractivity contribution < 1.29 is 19.4 Å². The number of anilines is 1. The number of hydrogen-bond acceptors (Lipinski definition) is 4. The molecule has 0 bridgehead atoms. The van der Waals surface area contributed by atoms with Gasteiger partial charge in [0, 0.05) is 18.8 Å². The zero-order chi connectivity index (χ0) is 30.1. The fraction of sp³-hybridized carbons (Fsp3) is 0.389. The number of unbranched alkanes of at least 4 members (excludes halogenated alkanes) is 1. The lowest BCUT2D eigenvalue weighted by Crippen LogP contribution is -2.37. The van der Waals surface area contributed by atoms with E-state index in [1.807, 2.05) is 30.3 Å². The van der Waals surface area contributed by atoms with Crippen LogP contribution in [0.4, 0.5) is 5.69 Å². The molecule has 0 aliphatic carbocycles. The van der Waals surface area contributed by atoms with Gasteiger partial charge in [-0.15, -0.1) is 0 Å². The number of rotatable bonds is 13. The molecular formula is C36H44N2O4. The molecule has 1 amide bonds. The molecule has 1 aliphatic heterocycles. The van der Waals surface area contributed by atoms with Crippen LogP contribution in [0.1, 0.15) is 87.6 Å². The summed E-state index contributed by atoms with van der Waals surface area (Å²) in [7, 11) is 0. The van der Waals surface area contributed by atoms with Gasteiger partial charge in [0.2, 0.25) is 5.91 Å². The van der Waals surface area contributed by atoms with Gasteiger partial charge in [-0.1, -0.05) is 80.9 Å². The van der Waals surface area contributed by atoms with Gasteiger partial charge >= 0.3 is 5.97 Å². The van der Waals surface area contributed by atoms with Crippen LogP contribution >= 0.6 is 0 Å². The quantitative estimate of drug-likeness (QED) is 0.222. The summed E-state index contributed by atoms with van der Waals surface area (Å²) >= 11 is 0. The molecule has 0 saturated carbocycles. The minimum Gasteiger partial charge on any atom is -0.478 e. The summed E-state index contributed by atoms with van der Waals surface area (Å²) in [6.45, 7) is 11.6. The number of carboxylic acid groups (broad SMARTS) is 1. The van der Waals surface area contributed by atoms with E-state index in [1.165, 1.54) is 38.8 Å². The maximum Gasteiger partial charge on any atom is 0.347 e. The largest absolute Gasteiger partial charge is 0.478 e. The fourth-order valence-electron chi connectivity index (χ4n) is 5.40. The van der Waals surface area contributed by atoms with Gasteiger partial charge in [-0.2, -0.15) is 0 Å². The zero-order valence-electron chi connectivity index (χ0n) is 25.2. The third-order valence-electron chi connectivity index (χ3n) is 7.93. The Labute approximate surface area is 250 Å². The molecule has 6 nitrogen and oxygen atoms in total. The standard InChI is InChI=1S/C36H44N2O4/c1-5-6-15-32(37-34(39)24-27-16-19-30(20-17-27)42-36(3,4)35(40)41)31-21-18-29(26(2)28-13-9-7-10-14-28)25-33(31)38-22-11-8-12-23-38/h7,9-10,13-14,16-21,25,32H,2,5-6,8,11-12,15,22-24H2,1,3-4H3,(H,37,39)(H,40,41). The van der Waals surface area contributed by atoms with Crippen LogP contribution in [0.2, 0.25) is 0 Å². The number of benzene rings is 3. The van der Waals surface area contributed by atoms with Crippen LogP contribution in [0.15, 0.2) is 79.4 Å². The van der Waals surface area contributed by atoms with E-state index in [0.29, 0.717) is 5.75 Å². The summed E-state index contributed by atoms with van der Waals surface area (Å²) in [6.07, 6.45) is 6.72. The SMILES string of the molecule is C=C(c1ccccc1)c1ccc(C(CCCC)NC(=O)Cc2ccc(OC(C)(C)C(=O)O)cc2)c(N2CCCCC2)c1. The summed E-state index contributed by atoms with van der Waals surface area (Å²) in [6, 6.07) is 23.8. The molecule has 0 radical (unpaired) electrons. The molecule has 4 rings (SSSR count). The van der Waals surface area contributed by atoms with E-state index < -0.39 is 11.6 Å². The molecule has 1 fully saturated rings. The Bertz CT molecular complexity index is 1360. The second kappa shape index (κ2) is 14.2. The average molecular weight is 569 g/mol. The molecule has 0 spiro atoms. The fourth-order valence-corrected chi connectivity index (χ4v) is 5.40. The first-order valence-electron chi connectivity index (χ1n) is 15.1. The highest BCUT2D eigenvalue weighted by Gasteiger charge is 2.29. The number of piperidine rings is 1. The van der Waals surface area contributed by atoms with E-state index in [4.69, 9.17) is 4.74 Å². The smallest absolute Gasteiger partial charge is 0.347 e. The van der Waals surface area contributed by atoms with Crippen molar-refractivity contribution in [3.05, 3.63) is 102 Å². The molecule has 1 saturated heterocycles. The first kappa shape index (κ1) is 30.9. The molecule has 3 aromatic carbocycles. The van der Waals surface area contributed by atoms with Crippen LogP contribution in [0.5, 0.6) is 5.75 Å². The topological polar surface area (TPSA) is 78.9 Å². The van der Waals surface area contributed by atoms with Crippen molar-refractivity contribution in [2.75, 3.05) is 18.0 Å². The minimum absolute atomic E-state index is 0.0435. The van der Waals surface area contributed by atoms with Crippen LogP contribution in [0, 0.1) is 0 Å². The van der Waals surface area contributed by atoms with Crippen molar-refractivity contribution in [1.29, 1.82) is 0 Å². The van der Waals surface area contributed by atoms with Crippen LogP contribution in [0.3, 0.4) is 0 Å². The van der Waals surface area contributed by atoms with E-state index in [0.717, 1.165) is 60.2 Å². The van der Waals surface area contributed by atoms with Crippen molar-refractivity contribution in [1.82, 2.24) is 5.32 Å². The molecule has 6 heteroatoms. The van der Waals surface area contributed by atoms with Crippen molar-refractivity contribution in [2.24, 2.45) is 0 Å². The first-order chi connectivity index (χ1) is 20.2. The Hall–Kier alpha value is -4.06. The second-order valence-corrected chi connectivity index (χ2v) is 11.7. The van der Waals surface area contributed by atoms with E-state index >= 15 is 0 Å². The molecule has 222 valence electrons. The molecule has 3 aromatic rings. The number of carbonyl (C=O) groups excluding carboxylic acids is 1. The van der Waals surface area contributed by atoms with Crippen molar-refractivity contribution in [3.8, 4) is 5.75 Å². The maximum atomic E-state index is 13.4. The van der Waals surface area contributed by atoms with Crippen LogP contribution in [-0.4, -0.2) is 35.7 Å².